The van der Waals surface area contributed by atoms with Gasteiger partial charge in [-0.25, -0.2) is 4.99 Å². The number of likely N-dealkylation sites (tertiary alicyclic amines) is 2. The fourth-order valence-electron chi connectivity index (χ4n) is 4.00. The molecular formula is C21H41IN6O2. The van der Waals surface area contributed by atoms with Crippen LogP contribution in [0, 0.1) is 5.92 Å². The monoisotopic (exact) mass is 536 g/mol. The largest absolute Gasteiger partial charge is 0.355 e. The maximum absolute atomic E-state index is 12.2. The van der Waals surface area contributed by atoms with E-state index < -0.39 is 0 Å². The molecule has 2 amide bonds. The molecule has 0 aromatic rings. The van der Waals surface area contributed by atoms with Crippen molar-refractivity contribution in [2.24, 2.45) is 10.9 Å². The quantitative estimate of drug-likeness (QED) is 0.292. The van der Waals surface area contributed by atoms with Crippen LogP contribution in [0.5, 0.6) is 0 Å². The van der Waals surface area contributed by atoms with E-state index in [0.29, 0.717) is 12.0 Å². The Bertz CT molecular complexity index is 576. The molecule has 2 N–H and O–H groups in total. The molecule has 0 aliphatic carbocycles. The number of carbonyl (C=O) groups is 2. The van der Waals surface area contributed by atoms with E-state index in [1.807, 2.05) is 18.7 Å². The lowest BCUT2D eigenvalue weighted by molar-refractivity contribution is -0.135. The summed E-state index contributed by atoms with van der Waals surface area (Å²) in [5.41, 5.74) is 0. The fourth-order valence-corrected chi connectivity index (χ4v) is 4.00. The van der Waals surface area contributed by atoms with Crippen molar-refractivity contribution in [1.29, 1.82) is 0 Å². The first-order chi connectivity index (χ1) is 13.8. The Morgan fingerprint density at radius 3 is 2.37 bits per heavy atom. The average molecular weight is 537 g/mol. The van der Waals surface area contributed by atoms with Gasteiger partial charge in [-0.2, -0.15) is 0 Å². The van der Waals surface area contributed by atoms with Crippen LogP contribution in [0.3, 0.4) is 0 Å². The molecule has 1 atom stereocenters. The molecule has 2 saturated heterocycles. The van der Waals surface area contributed by atoms with Crippen molar-refractivity contribution in [3.63, 3.8) is 0 Å². The molecule has 1 unspecified atom stereocenters. The zero-order valence-corrected chi connectivity index (χ0v) is 21.6. The molecule has 0 spiro atoms. The number of guanidine groups is 1. The van der Waals surface area contributed by atoms with Gasteiger partial charge in [-0.15, -0.1) is 24.0 Å². The van der Waals surface area contributed by atoms with E-state index in [4.69, 9.17) is 0 Å². The van der Waals surface area contributed by atoms with Crippen LogP contribution < -0.4 is 10.6 Å². The number of rotatable bonds is 7. The van der Waals surface area contributed by atoms with E-state index in [1.165, 1.54) is 12.8 Å². The van der Waals surface area contributed by atoms with Crippen LogP contribution in [0.4, 0.5) is 0 Å². The van der Waals surface area contributed by atoms with Crippen LogP contribution in [0.1, 0.15) is 46.5 Å². The normalized spacial score (nSPS) is 20.8. The third-order valence-electron chi connectivity index (χ3n) is 5.92. The zero-order chi connectivity index (χ0) is 21.4. The minimum absolute atomic E-state index is 0. The van der Waals surface area contributed by atoms with Crippen molar-refractivity contribution in [3.8, 4) is 0 Å². The predicted octanol–water partition coefficient (Wildman–Crippen LogP) is 1.36. The molecule has 0 bridgehead atoms. The molecule has 0 saturated carbocycles. The second-order valence-electron chi connectivity index (χ2n) is 8.66. The van der Waals surface area contributed by atoms with Gasteiger partial charge < -0.3 is 20.4 Å². The van der Waals surface area contributed by atoms with E-state index >= 15 is 0 Å². The summed E-state index contributed by atoms with van der Waals surface area (Å²) in [6.45, 7) is 10.8. The Morgan fingerprint density at radius 1 is 1.13 bits per heavy atom. The summed E-state index contributed by atoms with van der Waals surface area (Å²) >= 11 is 0. The van der Waals surface area contributed by atoms with Crippen LogP contribution in [0.2, 0.25) is 0 Å². The summed E-state index contributed by atoms with van der Waals surface area (Å²) in [6.07, 6.45) is 4.22. The number of hydrogen-bond donors (Lipinski definition) is 2. The van der Waals surface area contributed by atoms with Crippen molar-refractivity contribution in [3.05, 3.63) is 0 Å². The summed E-state index contributed by atoms with van der Waals surface area (Å²) in [5.74, 6) is 0.965. The molecule has 0 radical (unpaired) electrons. The predicted molar refractivity (Wildman–Crippen MR) is 132 cm³/mol. The van der Waals surface area contributed by atoms with Crippen LogP contribution in [-0.4, -0.2) is 97.9 Å². The SMILES string of the molecule is CCN1CCCC1CNC(=NCC(=O)N(C)C)NC1CCN(C(=O)C(C)C)CC1.I. The van der Waals surface area contributed by atoms with E-state index in [1.54, 1.807) is 19.0 Å². The minimum Gasteiger partial charge on any atom is -0.355 e. The van der Waals surface area contributed by atoms with E-state index in [0.717, 1.165) is 45.6 Å². The van der Waals surface area contributed by atoms with Crippen LogP contribution in [-0.2, 0) is 9.59 Å². The van der Waals surface area contributed by atoms with Gasteiger partial charge in [0.05, 0.1) is 0 Å². The summed E-state index contributed by atoms with van der Waals surface area (Å²) < 4.78 is 0. The van der Waals surface area contributed by atoms with Crippen molar-refractivity contribution in [2.75, 3.05) is 53.4 Å². The summed E-state index contributed by atoms with van der Waals surface area (Å²) in [5, 5.41) is 6.97. The highest BCUT2D eigenvalue weighted by Crippen LogP contribution is 2.16. The molecule has 8 nitrogen and oxygen atoms in total. The van der Waals surface area contributed by atoms with Crippen LogP contribution in [0.25, 0.3) is 0 Å². The molecule has 0 aromatic heterocycles. The smallest absolute Gasteiger partial charge is 0.243 e. The van der Waals surface area contributed by atoms with Crippen molar-refractivity contribution in [2.45, 2.75) is 58.5 Å². The summed E-state index contributed by atoms with van der Waals surface area (Å²) in [7, 11) is 3.50. The molecule has 9 heteroatoms. The van der Waals surface area contributed by atoms with Gasteiger partial charge in [0.2, 0.25) is 11.8 Å². The number of piperidine rings is 1. The molecular weight excluding hydrogens is 495 g/mol. The van der Waals surface area contributed by atoms with Crippen LogP contribution >= 0.6 is 24.0 Å². The van der Waals surface area contributed by atoms with Gasteiger partial charge in [-0.1, -0.05) is 20.8 Å². The van der Waals surface area contributed by atoms with Crippen LogP contribution in [0.15, 0.2) is 4.99 Å². The highest BCUT2D eigenvalue weighted by molar-refractivity contribution is 14.0. The Balaban J connectivity index is 0.00000450. The van der Waals surface area contributed by atoms with E-state index in [9.17, 15) is 9.59 Å². The number of nitrogens with zero attached hydrogens (tertiary/aromatic N) is 4. The molecule has 2 aliphatic rings. The Hall–Kier alpha value is -1.10. The highest BCUT2D eigenvalue weighted by atomic mass is 127. The maximum atomic E-state index is 12.2. The van der Waals surface area contributed by atoms with Crippen molar-refractivity contribution >= 4 is 41.8 Å². The third kappa shape index (κ3) is 8.20. The molecule has 2 fully saturated rings. The number of carbonyl (C=O) groups excluding carboxylic acids is 2. The van der Waals surface area contributed by atoms with Gasteiger partial charge in [0.1, 0.15) is 6.54 Å². The van der Waals surface area contributed by atoms with E-state index in [-0.39, 0.29) is 54.3 Å². The summed E-state index contributed by atoms with van der Waals surface area (Å²) in [4.78, 5) is 34.7. The molecule has 0 aromatic carbocycles. The highest BCUT2D eigenvalue weighted by Gasteiger charge is 2.26. The third-order valence-corrected chi connectivity index (χ3v) is 5.92. The van der Waals surface area contributed by atoms with Gasteiger partial charge in [0.15, 0.2) is 5.96 Å². The van der Waals surface area contributed by atoms with E-state index in [2.05, 4.69) is 27.4 Å². The average Bonchev–Trinajstić information content (AvgIpc) is 3.17. The summed E-state index contributed by atoms with van der Waals surface area (Å²) in [6, 6.07) is 0.778. The number of halogens is 1. The maximum Gasteiger partial charge on any atom is 0.243 e. The minimum atomic E-state index is -0.0144. The lowest BCUT2D eigenvalue weighted by atomic mass is 10.0. The number of amides is 2. The second-order valence-corrected chi connectivity index (χ2v) is 8.66. The number of hydrogen-bond acceptors (Lipinski definition) is 4. The first kappa shape index (κ1) is 26.9. The van der Waals surface area contributed by atoms with Gasteiger partial charge in [0.25, 0.3) is 0 Å². The topological polar surface area (TPSA) is 80.3 Å². The Kier molecular flexibility index (Phi) is 12.0. The lowest BCUT2D eigenvalue weighted by Gasteiger charge is -2.34. The number of likely N-dealkylation sites (N-methyl/N-ethyl adjacent to an activating group) is 2. The molecule has 2 aliphatic heterocycles. The molecule has 2 rings (SSSR count). The number of nitrogens with one attached hydrogen (secondary N) is 2. The second kappa shape index (κ2) is 13.3. The fraction of sp³-hybridized carbons (Fsp3) is 0.857. The lowest BCUT2D eigenvalue weighted by Crippen LogP contribution is -2.52. The van der Waals surface area contributed by atoms with Gasteiger partial charge in [-0.3, -0.25) is 14.5 Å². The zero-order valence-electron chi connectivity index (χ0n) is 19.3. The standard InChI is InChI=1S/C21H40N6O2.HI/c1-6-26-11-7-8-18(26)14-22-21(23-15-19(28)25(4)5)24-17-9-12-27(13-10-17)20(29)16(2)3;/h16-18H,6-15H2,1-5H3,(H2,22,23,24);1H. The van der Waals surface area contributed by atoms with Gasteiger partial charge in [-0.05, 0) is 38.8 Å². The molecule has 30 heavy (non-hydrogen) atoms. The van der Waals surface area contributed by atoms with Crippen molar-refractivity contribution < 1.29 is 9.59 Å². The Labute approximate surface area is 199 Å². The first-order valence-electron chi connectivity index (χ1n) is 11.1. The molecule has 2 heterocycles. The van der Waals surface area contributed by atoms with Gasteiger partial charge >= 0.3 is 0 Å². The number of aliphatic imine (C=N–C) groups is 1. The first-order valence-corrected chi connectivity index (χ1v) is 11.1. The molecule has 174 valence electrons. The van der Waals surface area contributed by atoms with Gasteiger partial charge in [0, 0.05) is 51.7 Å². The van der Waals surface area contributed by atoms with Crippen molar-refractivity contribution in [1.82, 2.24) is 25.3 Å². The Morgan fingerprint density at radius 2 is 1.80 bits per heavy atom.